The number of anilines is 1. The lowest BCUT2D eigenvalue weighted by Gasteiger charge is -2.35. The molecule has 0 atom stereocenters. The van der Waals surface area contributed by atoms with Gasteiger partial charge in [0.2, 0.25) is 5.91 Å². The summed E-state index contributed by atoms with van der Waals surface area (Å²) in [4.78, 5) is 20.7. The Kier molecular flexibility index (Phi) is 7.85. The fraction of sp³-hybridized carbons (Fsp3) is 0.450. The number of aromatic nitrogens is 2. The van der Waals surface area contributed by atoms with Gasteiger partial charge in [-0.15, -0.1) is 24.0 Å². The van der Waals surface area contributed by atoms with Crippen molar-refractivity contribution in [3.8, 4) is 0 Å². The number of aliphatic imine (C=N–C) groups is 1. The number of nitrogens with one attached hydrogen (secondary N) is 1. The van der Waals surface area contributed by atoms with Gasteiger partial charge in [-0.2, -0.15) is 5.10 Å². The van der Waals surface area contributed by atoms with E-state index in [0.29, 0.717) is 13.1 Å². The summed E-state index contributed by atoms with van der Waals surface area (Å²) < 4.78 is 1.71. The highest BCUT2D eigenvalue weighted by Crippen LogP contribution is 2.16. The molecular formula is C20H29IN6O. The Labute approximate surface area is 183 Å². The maximum Gasteiger partial charge on any atom is 0.246 e. The van der Waals surface area contributed by atoms with Crippen LogP contribution in [-0.4, -0.2) is 59.8 Å². The van der Waals surface area contributed by atoms with E-state index in [1.165, 1.54) is 16.7 Å². The molecule has 8 heteroatoms. The van der Waals surface area contributed by atoms with E-state index in [1.54, 1.807) is 22.8 Å². The number of nitrogens with zero attached hydrogens (tertiary/aromatic N) is 5. The highest BCUT2D eigenvalue weighted by atomic mass is 127. The molecule has 28 heavy (non-hydrogen) atoms. The number of benzene rings is 1. The van der Waals surface area contributed by atoms with Crippen LogP contribution < -0.4 is 10.2 Å². The minimum absolute atomic E-state index is 0. The molecule has 1 aliphatic rings. The summed E-state index contributed by atoms with van der Waals surface area (Å²) >= 11 is 0. The van der Waals surface area contributed by atoms with Crippen molar-refractivity contribution in [3.63, 3.8) is 0 Å². The number of halogens is 1. The van der Waals surface area contributed by atoms with E-state index in [9.17, 15) is 4.79 Å². The smallest absolute Gasteiger partial charge is 0.246 e. The van der Waals surface area contributed by atoms with Gasteiger partial charge in [-0.25, -0.2) is 0 Å². The van der Waals surface area contributed by atoms with Crippen molar-refractivity contribution in [2.75, 3.05) is 38.1 Å². The van der Waals surface area contributed by atoms with Gasteiger partial charge >= 0.3 is 0 Å². The first-order valence-electron chi connectivity index (χ1n) is 9.28. The zero-order valence-electron chi connectivity index (χ0n) is 17.0. The second kappa shape index (κ2) is 9.90. The van der Waals surface area contributed by atoms with E-state index in [4.69, 9.17) is 0 Å². The number of hydrogen-bond donors (Lipinski definition) is 1. The van der Waals surface area contributed by atoms with E-state index >= 15 is 0 Å². The molecule has 3 rings (SSSR count). The molecule has 1 aromatic heterocycles. The third-order valence-electron chi connectivity index (χ3n) is 4.71. The SMILES string of the molecule is CN=C(NCCc1cc(C)cc(C)c1)N1CCN(c2cnn(C)c2)C(=O)C1.I. The lowest BCUT2D eigenvalue weighted by Crippen LogP contribution is -2.55. The maximum atomic E-state index is 12.6. The number of rotatable bonds is 4. The predicted molar refractivity (Wildman–Crippen MR) is 124 cm³/mol. The Balaban J connectivity index is 0.00000280. The van der Waals surface area contributed by atoms with Crippen LogP contribution in [0.1, 0.15) is 16.7 Å². The molecule has 0 bridgehead atoms. The average molecular weight is 496 g/mol. The number of guanidine groups is 1. The first-order chi connectivity index (χ1) is 13.0. The summed E-state index contributed by atoms with van der Waals surface area (Å²) in [5, 5.41) is 7.55. The van der Waals surface area contributed by atoms with Gasteiger partial charge in [0.15, 0.2) is 5.96 Å². The lowest BCUT2D eigenvalue weighted by molar-refractivity contribution is -0.120. The summed E-state index contributed by atoms with van der Waals surface area (Å²) in [6.45, 7) is 6.71. The second-order valence-electron chi connectivity index (χ2n) is 7.06. The van der Waals surface area contributed by atoms with Gasteiger partial charge in [-0.05, 0) is 25.8 Å². The summed E-state index contributed by atoms with van der Waals surface area (Å²) in [7, 11) is 3.61. The summed E-state index contributed by atoms with van der Waals surface area (Å²) in [6, 6.07) is 6.62. The zero-order chi connectivity index (χ0) is 19.4. The molecule has 0 saturated carbocycles. The van der Waals surface area contributed by atoms with Gasteiger partial charge in [-0.1, -0.05) is 29.3 Å². The van der Waals surface area contributed by atoms with Gasteiger partial charge in [0, 0.05) is 39.9 Å². The van der Waals surface area contributed by atoms with Crippen molar-refractivity contribution in [2.24, 2.45) is 12.0 Å². The van der Waals surface area contributed by atoms with Crippen LogP contribution in [0.25, 0.3) is 0 Å². The molecule has 1 saturated heterocycles. The largest absolute Gasteiger partial charge is 0.356 e. The van der Waals surface area contributed by atoms with Crippen LogP contribution in [0.15, 0.2) is 35.6 Å². The van der Waals surface area contributed by atoms with Crippen molar-refractivity contribution >= 4 is 41.5 Å². The predicted octanol–water partition coefficient (Wildman–Crippen LogP) is 2.12. The molecule has 1 aromatic carbocycles. The van der Waals surface area contributed by atoms with Crippen LogP contribution in [0.5, 0.6) is 0 Å². The fourth-order valence-corrected chi connectivity index (χ4v) is 3.54. The van der Waals surface area contributed by atoms with E-state index in [0.717, 1.165) is 31.2 Å². The van der Waals surface area contributed by atoms with E-state index in [-0.39, 0.29) is 29.9 Å². The number of amides is 1. The van der Waals surface area contributed by atoms with Crippen LogP contribution in [0.3, 0.4) is 0 Å². The topological polar surface area (TPSA) is 65.8 Å². The molecule has 152 valence electrons. The highest BCUT2D eigenvalue weighted by Gasteiger charge is 2.27. The van der Waals surface area contributed by atoms with Crippen LogP contribution in [0, 0.1) is 13.8 Å². The zero-order valence-corrected chi connectivity index (χ0v) is 19.3. The molecule has 1 amide bonds. The number of carbonyl (C=O) groups excluding carboxylic acids is 1. The standard InChI is InChI=1S/C20H28N6O.HI/c1-15-9-16(2)11-17(10-15)5-6-22-20(21-3)25-7-8-26(19(27)14-25)18-12-23-24(4)13-18;/h9-13H,5-8,14H2,1-4H3,(H,21,22);1H. The molecule has 1 aliphatic heterocycles. The van der Waals surface area contributed by atoms with Gasteiger partial charge in [0.05, 0.1) is 11.9 Å². The Bertz CT molecular complexity index is 827. The van der Waals surface area contributed by atoms with Gasteiger partial charge < -0.3 is 15.1 Å². The normalized spacial score (nSPS) is 14.9. The van der Waals surface area contributed by atoms with Crippen molar-refractivity contribution in [3.05, 3.63) is 47.3 Å². The highest BCUT2D eigenvalue weighted by molar-refractivity contribution is 14.0. The van der Waals surface area contributed by atoms with Crippen LogP contribution in [0.4, 0.5) is 5.69 Å². The van der Waals surface area contributed by atoms with Gasteiger partial charge in [0.1, 0.15) is 6.54 Å². The van der Waals surface area contributed by atoms with Crippen molar-refractivity contribution < 1.29 is 4.79 Å². The number of hydrogen-bond acceptors (Lipinski definition) is 3. The van der Waals surface area contributed by atoms with E-state index in [2.05, 4.69) is 47.5 Å². The lowest BCUT2D eigenvalue weighted by atomic mass is 10.1. The number of piperazine rings is 1. The molecule has 1 fully saturated rings. The first-order valence-corrected chi connectivity index (χ1v) is 9.28. The quantitative estimate of drug-likeness (QED) is 0.400. The second-order valence-corrected chi connectivity index (χ2v) is 7.06. The molecule has 7 nitrogen and oxygen atoms in total. The molecule has 1 N–H and O–H groups in total. The average Bonchev–Trinajstić information content (AvgIpc) is 3.04. The third kappa shape index (κ3) is 5.46. The van der Waals surface area contributed by atoms with Crippen LogP contribution in [-0.2, 0) is 18.3 Å². The maximum absolute atomic E-state index is 12.6. The van der Waals surface area contributed by atoms with Gasteiger partial charge in [0.25, 0.3) is 0 Å². The van der Waals surface area contributed by atoms with E-state index in [1.807, 2.05) is 18.1 Å². The molecule has 2 heterocycles. The summed E-state index contributed by atoms with van der Waals surface area (Å²) in [5.41, 5.74) is 4.73. The minimum Gasteiger partial charge on any atom is -0.356 e. The summed E-state index contributed by atoms with van der Waals surface area (Å²) in [5.74, 6) is 0.838. The Morgan fingerprint density at radius 3 is 2.50 bits per heavy atom. The van der Waals surface area contributed by atoms with Gasteiger partial charge in [-0.3, -0.25) is 14.5 Å². The molecule has 0 aliphatic carbocycles. The molecular weight excluding hydrogens is 467 g/mol. The first kappa shape index (κ1) is 22.2. The molecule has 0 radical (unpaired) electrons. The van der Waals surface area contributed by atoms with E-state index < -0.39 is 0 Å². The number of carbonyl (C=O) groups is 1. The number of aryl methyl sites for hydroxylation is 3. The third-order valence-corrected chi connectivity index (χ3v) is 4.71. The Hall–Kier alpha value is -2.10. The Morgan fingerprint density at radius 1 is 1.21 bits per heavy atom. The minimum atomic E-state index is 0. The summed E-state index contributed by atoms with van der Waals surface area (Å²) in [6.07, 6.45) is 4.51. The monoisotopic (exact) mass is 496 g/mol. The fourth-order valence-electron chi connectivity index (χ4n) is 3.54. The molecule has 0 unspecified atom stereocenters. The molecule has 2 aromatic rings. The Morgan fingerprint density at radius 2 is 1.93 bits per heavy atom. The van der Waals surface area contributed by atoms with Crippen molar-refractivity contribution in [1.29, 1.82) is 0 Å². The van der Waals surface area contributed by atoms with Crippen LogP contribution in [0.2, 0.25) is 0 Å². The molecule has 0 spiro atoms. The van der Waals surface area contributed by atoms with Crippen molar-refractivity contribution in [1.82, 2.24) is 20.0 Å². The van der Waals surface area contributed by atoms with Crippen molar-refractivity contribution in [2.45, 2.75) is 20.3 Å². The van der Waals surface area contributed by atoms with Crippen LogP contribution >= 0.6 is 24.0 Å².